The number of hydrogen-bond acceptors (Lipinski definition) is 2. The van der Waals surface area contributed by atoms with Crippen molar-refractivity contribution < 1.29 is 4.74 Å². The van der Waals surface area contributed by atoms with Crippen LogP contribution >= 0.6 is 0 Å². The Bertz CT molecular complexity index is 455. The third kappa shape index (κ3) is 3.16. The average molecular weight is 257 g/mol. The van der Waals surface area contributed by atoms with Gasteiger partial charge < -0.3 is 4.74 Å². The van der Waals surface area contributed by atoms with Crippen molar-refractivity contribution in [2.75, 3.05) is 0 Å². The lowest BCUT2D eigenvalue weighted by Crippen LogP contribution is -2.21. The summed E-state index contributed by atoms with van der Waals surface area (Å²) in [7, 11) is 0. The SMILES string of the molecule is CCC1CCCC(c2ccc(C(C)(C)C#N)cc2)O1. The molecule has 1 saturated heterocycles. The van der Waals surface area contributed by atoms with Crippen LogP contribution in [0.1, 0.15) is 63.7 Å². The second-order valence-electron chi connectivity index (χ2n) is 5.94. The molecule has 2 nitrogen and oxygen atoms in total. The van der Waals surface area contributed by atoms with E-state index < -0.39 is 5.41 Å². The van der Waals surface area contributed by atoms with Crippen LogP contribution in [0.25, 0.3) is 0 Å². The van der Waals surface area contributed by atoms with Gasteiger partial charge in [0.2, 0.25) is 0 Å². The summed E-state index contributed by atoms with van der Waals surface area (Å²) in [5.74, 6) is 0. The Balaban J connectivity index is 2.13. The van der Waals surface area contributed by atoms with E-state index in [1.807, 2.05) is 13.8 Å². The number of nitriles is 1. The van der Waals surface area contributed by atoms with E-state index >= 15 is 0 Å². The lowest BCUT2D eigenvalue weighted by molar-refractivity contribution is -0.0525. The molecule has 19 heavy (non-hydrogen) atoms. The molecule has 2 rings (SSSR count). The molecule has 1 aliphatic rings. The van der Waals surface area contributed by atoms with Gasteiger partial charge in [-0.15, -0.1) is 0 Å². The zero-order valence-corrected chi connectivity index (χ0v) is 12.1. The van der Waals surface area contributed by atoms with E-state index in [0.717, 1.165) is 18.4 Å². The molecule has 1 aromatic rings. The fourth-order valence-corrected chi connectivity index (χ4v) is 2.62. The van der Waals surface area contributed by atoms with Gasteiger partial charge in [0.1, 0.15) is 0 Å². The molecule has 1 heterocycles. The molecule has 0 amide bonds. The number of nitrogens with zero attached hydrogens (tertiary/aromatic N) is 1. The van der Waals surface area contributed by atoms with Crippen molar-refractivity contribution in [1.82, 2.24) is 0 Å². The zero-order valence-electron chi connectivity index (χ0n) is 12.1. The van der Waals surface area contributed by atoms with Crippen LogP contribution in [0, 0.1) is 11.3 Å². The van der Waals surface area contributed by atoms with Crippen LogP contribution in [0.5, 0.6) is 0 Å². The van der Waals surface area contributed by atoms with E-state index in [2.05, 4.69) is 37.3 Å². The molecule has 0 N–H and O–H groups in total. The van der Waals surface area contributed by atoms with Gasteiger partial charge in [-0.05, 0) is 50.7 Å². The molecule has 102 valence electrons. The van der Waals surface area contributed by atoms with Crippen LogP contribution in [0.15, 0.2) is 24.3 Å². The second kappa shape index (κ2) is 5.75. The molecule has 1 aromatic carbocycles. The van der Waals surface area contributed by atoms with Gasteiger partial charge in [0.15, 0.2) is 0 Å². The van der Waals surface area contributed by atoms with Crippen molar-refractivity contribution in [3.05, 3.63) is 35.4 Å². The molecule has 0 aromatic heterocycles. The molecule has 0 saturated carbocycles. The molecule has 0 bridgehead atoms. The highest BCUT2D eigenvalue weighted by Gasteiger charge is 2.24. The summed E-state index contributed by atoms with van der Waals surface area (Å²) in [5.41, 5.74) is 1.90. The second-order valence-corrected chi connectivity index (χ2v) is 5.94. The van der Waals surface area contributed by atoms with Crippen molar-refractivity contribution in [2.24, 2.45) is 0 Å². The molecular formula is C17H23NO. The maximum atomic E-state index is 9.16. The molecule has 0 radical (unpaired) electrons. The summed E-state index contributed by atoms with van der Waals surface area (Å²) in [6.07, 6.45) is 5.28. The Morgan fingerprint density at radius 1 is 1.26 bits per heavy atom. The Hall–Kier alpha value is -1.33. The van der Waals surface area contributed by atoms with Crippen molar-refractivity contribution in [3.8, 4) is 6.07 Å². The molecule has 1 aliphatic heterocycles. The number of benzene rings is 1. The van der Waals surface area contributed by atoms with E-state index in [1.54, 1.807) is 0 Å². The van der Waals surface area contributed by atoms with Crippen molar-refractivity contribution in [3.63, 3.8) is 0 Å². The minimum atomic E-state index is -0.419. The summed E-state index contributed by atoms with van der Waals surface area (Å²) < 4.78 is 6.11. The van der Waals surface area contributed by atoms with E-state index in [-0.39, 0.29) is 6.10 Å². The van der Waals surface area contributed by atoms with Crippen LogP contribution in [0.4, 0.5) is 0 Å². The van der Waals surface area contributed by atoms with Crippen molar-refractivity contribution in [2.45, 2.75) is 64.1 Å². The first-order valence-corrected chi connectivity index (χ1v) is 7.24. The molecule has 1 fully saturated rings. The summed E-state index contributed by atoms with van der Waals surface area (Å²) >= 11 is 0. The normalized spacial score (nSPS) is 23.9. The minimum absolute atomic E-state index is 0.234. The monoisotopic (exact) mass is 257 g/mol. The average Bonchev–Trinajstić information content (AvgIpc) is 2.47. The van der Waals surface area contributed by atoms with Gasteiger partial charge in [-0.3, -0.25) is 0 Å². The van der Waals surface area contributed by atoms with Crippen LogP contribution in [0.3, 0.4) is 0 Å². The predicted molar refractivity (Wildman–Crippen MR) is 76.8 cm³/mol. The van der Waals surface area contributed by atoms with Gasteiger partial charge in [0, 0.05) is 0 Å². The first kappa shape index (κ1) is 14.1. The Labute approximate surface area is 116 Å². The standard InChI is InChI=1S/C17H23NO/c1-4-15-6-5-7-16(19-15)13-8-10-14(11-9-13)17(2,3)12-18/h8-11,15-16H,4-7H2,1-3H3. The van der Waals surface area contributed by atoms with Gasteiger partial charge in [-0.2, -0.15) is 5.26 Å². The fraction of sp³-hybridized carbons (Fsp3) is 0.588. The van der Waals surface area contributed by atoms with Gasteiger partial charge in [-0.25, -0.2) is 0 Å². The van der Waals surface area contributed by atoms with E-state index in [4.69, 9.17) is 10.00 Å². The topological polar surface area (TPSA) is 33.0 Å². The lowest BCUT2D eigenvalue weighted by atomic mass is 9.85. The highest BCUT2D eigenvalue weighted by molar-refractivity contribution is 5.33. The molecule has 0 spiro atoms. The van der Waals surface area contributed by atoms with Gasteiger partial charge in [-0.1, -0.05) is 31.2 Å². The van der Waals surface area contributed by atoms with Crippen LogP contribution in [-0.2, 0) is 10.2 Å². The third-order valence-corrected chi connectivity index (χ3v) is 4.09. The van der Waals surface area contributed by atoms with Crippen molar-refractivity contribution >= 4 is 0 Å². The molecule has 2 unspecified atom stereocenters. The summed E-state index contributed by atoms with van der Waals surface area (Å²) in [6.45, 7) is 6.09. The Morgan fingerprint density at radius 2 is 1.95 bits per heavy atom. The fourth-order valence-electron chi connectivity index (χ4n) is 2.62. The molecule has 2 heteroatoms. The summed E-state index contributed by atoms with van der Waals surface area (Å²) in [6, 6.07) is 10.7. The Morgan fingerprint density at radius 3 is 2.53 bits per heavy atom. The van der Waals surface area contributed by atoms with E-state index in [1.165, 1.54) is 18.4 Å². The zero-order chi connectivity index (χ0) is 13.9. The maximum absolute atomic E-state index is 9.16. The highest BCUT2D eigenvalue weighted by Crippen LogP contribution is 2.33. The first-order valence-electron chi connectivity index (χ1n) is 7.24. The predicted octanol–water partition coefficient (Wildman–Crippen LogP) is 4.51. The molecule has 0 aliphatic carbocycles. The summed E-state index contributed by atoms with van der Waals surface area (Å²) in [4.78, 5) is 0. The molecule has 2 atom stereocenters. The Kier molecular flexibility index (Phi) is 4.27. The minimum Gasteiger partial charge on any atom is -0.370 e. The third-order valence-electron chi connectivity index (χ3n) is 4.09. The summed E-state index contributed by atoms with van der Waals surface area (Å²) in [5, 5.41) is 9.16. The van der Waals surface area contributed by atoms with E-state index in [0.29, 0.717) is 6.10 Å². The van der Waals surface area contributed by atoms with Gasteiger partial charge >= 0.3 is 0 Å². The first-order chi connectivity index (χ1) is 9.06. The molecular weight excluding hydrogens is 234 g/mol. The van der Waals surface area contributed by atoms with Crippen LogP contribution < -0.4 is 0 Å². The highest BCUT2D eigenvalue weighted by atomic mass is 16.5. The van der Waals surface area contributed by atoms with Crippen molar-refractivity contribution in [1.29, 1.82) is 5.26 Å². The van der Waals surface area contributed by atoms with Crippen LogP contribution in [-0.4, -0.2) is 6.10 Å². The smallest absolute Gasteiger partial charge is 0.0828 e. The quantitative estimate of drug-likeness (QED) is 0.798. The van der Waals surface area contributed by atoms with Gasteiger partial charge in [0.05, 0.1) is 23.7 Å². The number of ether oxygens (including phenoxy) is 1. The van der Waals surface area contributed by atoms with Crippen LogP contribution in [0.2, 0.25) is 0 Å². The maximum Gasteiger partial charge on any atom is 0.0828 e. The van der Waals surface area contributed by atoms with Gasteiger partial charge in [0.25, 0.3) is 0 Å². The number of rotatable bonds is 3. The largest absolute Gasteiger partial charge is 0.370 e. The van der Waals surface area contributed by atoms with E-state index in [9.17, 15) is 0 Å². The number of hydrogen-bond donors (Lipinski definition) is 0. The lowest BCUT2D eigenvalue weighted by Gasteiger charge is -2.30.